The fourth-order valence-electron chi connectivity index (χ4n) is 3.41. The summed E-state index contributed by atoms with van der Waals surface area (Å²) in [7, 11) is 2.00. The second kappa shape index (κ2) is 7.64. The molecule has 2 fully saturated rings. The molecule has 2 saturated heterocycles. The van der Waals surface area contributed by atoms with Gasteiger partial charge in [-0.25, -0.2) is 0 Å². The highest BCUT2D eigenvalue weighted by molar-refractivity contribution is 6.30. The van der Waals surface area contributed by atoms with Crippen LogP contribution in [0.4, 0.5) is 5.69 Å². The first-order chi connectivity index (χ1) is 10.2. The van der Waals surface area contributed by atoms with Crippen LogP contribution in [0.25, 0.3) is 0 Å². The first-order valence-corrected chi connectivity index (χ1v) is 8.05. The fraction of sp³-hybridized carbons (Fsp3) is 0.562. The lowest BCUT2D eigenvalue weighted by atomic mass is 10.0. The molecule has 0 aliphatic carbocycles. The third kappa shape index (κ3) is 3.57. The quantitative estimate of drug-likeness (QED) is 0.915. The minimum atomic E-state index is 0. The van der Waals surface area contributed by atoms with Gasteiger partial charge < -0.3 is 10.2 Å². The fourth-order valence-corrected chi connectivity index (χ4v) is 3.53. The molecule has 6 heteroatoms. The summed E-state index contributed by atoms with van der Waals surface area (Å²) in [5.41, 5.74) is 0.953. The van der Waals surface area contributed by atoms with Gasteiger partial charge in [0.2, 0.25) is 5.91 Å². The van der Waals surface area contributed by atoms with E-state index in [4.69, 9.17) is 11.6 Å². The molecule has 3 rings (SSSR count). The number of piperidine rings is 1. The van der Waals surface area contributed by atoms with Gasteiger partial charge in [0, 0.05) is 29.8 Å². The lowest BCUT2D eigenvalue weighted by Gasteiger charge is -2.35. The Bertz CT molecular complexity index is 509. The molecule has 0 aromatic heterocycles. The number of anilines is 1. The Hall–Kier alpha value is -0.810. The average Bonchev–Trinajstić information content (AvgIpc) is 2.90. The highest BCUT2D eigenvalue weighted by Crippen LogP contribution is 2.27. The van der Waals surface area contributed by atoms with Crippen molar-refractivity contribution in [1.29, 1.82) is 0 Å². The number of hydrogen-bond acceptors (Lipinski definition) is 3. The van der Waals surface area contributed by atoms with Crippen LogP contribution < -0.4 is 10.2 Å². The molecular weight excluding hydrogens is 321 g/mol. The van der Waals surface area contributed by atoms with Crippen LogP contribution in [0.5, 0.6) is 0 Å². The van der Waals surface area contributed by atoms with E-state index in [-0.39, 0.29) is 24.4 Å². The van der Waals surface area contributed by atoms with Crippen molar-refractivity contribution in [2.24, 2.45) is 0 Å². The van der Waals surface area contributed by atoms with Crippen LogP contribution >= 0.6 is 24.0 Å². The van der Waals surface area contributed by atoms with Crippen LogP contribution in [0.1, 0.15) is 19.3 Å². The number of benzene rings is 1. The molecule has 2 aliphatic rings. The number of likely N-dealkylation sites (N-methyl/N-ethyl adjacent to an activating group) is 1. The summed E-state index contributed by atoms with van der Waals surface area (Å²) in [4.78, 5) is 17.0. The van der Waals surface area contributed by atoms with E-state index < -0.39 is 0 Å². The van der Waals surface area contributed by atoms with Gasteiger partial charge >= 0.3 is 0 Å². The first-order valence-electron chi connectivity index (χ1n) is 7.67. The molecule has 0 radical (unpaired) electrons. The van der Waals surface area contributed by atoms with Gasteiger partial charge in [-0.3, -0.25) is 9.69 Å². The molecule has 2 atom stereocenters. The third-order valence-electron chi connectivity index (χ3n) is 4.62. The van der Waals surface area contributed by atoms with Crippen molar-refractivity contribution in [3.63, 3.8) is 0 Å². The number of rotatable bonds is 3. The molecule has 2 unspecified atom stereocenters. The first kappa shape index (κ1) is 17.5. The summed E-state index contributed by atoms with van der Waals surface area (Å²) in [5, 5.41) is 4.04. The van der Waals surface area contributed by atoms with E-state index in [0.717, 1.165) is 38.2 Å². The summed E-state index contributed by atoms with van der Waals surface area (Å²) in [6.45, 7) is 2.80. The number of likely N-dealkylation sites (tertiary alicyclic amines) is 1. The Morgan fingerprint density at radius 3 is 2.59 bits per heavy atom. The van der Waals surface area contributed by atoms with Crippen molar-refractivity contribution in [1.82, 2.24) is 10.2 Å². The molecule has 0 saturated carbocycles. The summed E-state index contributed by atoms with van der Waals surface area (Å²) in [6, 6.07) is 8.09. The van der Waals surface area contributed by atoms with Crippen LogP contribution in [0.3, 0.4) is 0 Å². The highest BCUT2D eigenvalue weighted by atomic mass is 35.5. The Labute approximate surface area is 143 Å². The van der Waals surface area contributed by atoms with Crippen molar-refractivity contribution in [2.75, 3.05) is 31.6 Å². The Balaban J connectivity index is 0.00000176. The molecular formula is C16H23Cl2N3O. The smallest absolute Gasteiger partial charge is 0.244 e. The maximum Gasteiger partial charge on any atom is 0.244 e. The van der Waals surface area contributed by atoms with Gasteiger partial charge in [0.15, 0.2) is 0 Å². The molecule has 1 N–H and O–H groups in total. The molecule has 0 spiro atoms. The predicted molar refractivity (Wildman–Crippen MR) is 93.1 cm³/mol. The van der Waals surface area contributed by atoms with Crippen LogP contribution in [0.15, 0.2) is 24.3 Å². The Morgan fingerprint density at radius 2 is 1.91 bits per heavy atom. The zero-order chi connectivity index (χ0) is 14.8. The van der Waals surface area contributed by atoms with E-state index in [1.165, 1.54) is 6.42 Å². The molecule has 2 heterocycles. The van der Waals surface area contributed by atoms with Crippen LogP contribution in [0, 0.1) is 0 Å². The molecule has 4 nitrogen and oxygen atoms in total. The van der Waals surface area contributed by atoms with E-state index in [1.54, 1.807) is 0 Å². The van der Waals surface area contributed by atoms with Crippen molar-refractivity contribution in [2.45, 2.75) is 31.3 Å². The average molecular weight is 344 g/mol. The zero-order valence-electron chi connectivity index (χ0n) is 12.8. The van der Waals surface area contributed by atoms with Gasteiger partial charge in [-0.2, -0.15) is 0 Å². The number of carbonyl (C=O) groups is 1. The largest absolute Gasteiger partial charge is 0.316 e. The second-order valence-electron chi connectivity index (χ2n) is 5.89. The summed E-state index contributed by atoms with van der Waals surface area (Å²) < 4.78 is 0. The van der Waals surface area contributed by atoms with Crippen molar-refractivity contribution >= 4 is 35.6 Å². The van der Waals surface area contributed by atoms with Crippen molar-refractivity contribution in [3.8, 4) is 0 Å². The number of nitrogens with one attached hydrogen (secondary N) is 1. The number of carbonyl (C=O) groups excluding carboxylic acids is 1. The standard InChI is InChI=1S/C16H22ClN3O.ClH/c1-18-13-3-2-9-19(11-13)15-8-10-20(16(15)21)14-6-4-12(17)5-7-14;/h4-7,13,15,18H,2-3,8-11H2,1H3;1H. The van der Waals surface area contributed by atoms with Gasteiger partial charge in [0.1, 0.15) is 0 Å². The molecule has 122 valence electrons. The van der Waals surface area contributed by atoms with Crippen LogP contribution in [0.2, 0.25) is 5.02 Å². The highest BCUT2D eigenvalue weighted by Gasteiger charge is 2.38. The Kier molecular flexibility index (Phi) is 6.09. The second-order valence-corrected chi connectivity index (χ2v) is 6.33. The van der Waals surface area contributed by atoms with Crippen LogP contribution in [-0.2, 0) is 4.79 Å². The molecule has 1 amide bonds. The van der Waals surface area contributed by atoms with Crippen molar-refractivity contribution in [3.05, 3.63) is 29.3 Å². The summed E-state index contributed by atoms with van der Waals surface area (Å²) in [6.07, 6.45) is 3.28. The zero-order valence-corrected chi connectivity index (χ0v) is 14.4. The van der Waals surface area contributed by atoms with Gasteiger partial charge in [0.25, 0.3) is 0 Å². The maximum atomic E-state index is 12.7. The van der Waals surface area contributed by atoms with E-state index in [1.807, 2.05) is 36.2 Å². The minimum Gasteiger partial charge on any atom is -0.316 e. The van der Waals surface area contributed by atoms with E-state index in [0.29, 0.717) is 11.1 Å². The molecule has 2 aliphatic heterocycles. The van der Waals surface area contributed by atoms with Gasteiger partial charge in [-0.05, 0) is 57.1 Å². The van der Waals surface area contributed by atoms with Crippen LogP contribution in [-0.4, -0.2) is 49.6 Å². The summed E-state index contributed by atoms with van der Waals surface area (Å²) in [5.74, 6) is 0.231. The molecule has 0 bridgehead atoms. The van der Waals surface area contributed by atoms with Gasteiger partial charge in [-0.15, -0.1) is 12.4 Å². The molecule has 1 aromatic carbocycles. The lowest BCUT2D eigenvalue weighted by molar-refractivity contribution is -0.122. The van der Waals surface area contributed by atoms with Gasteiger partial charge in [-0.1, -0.05) is 11.6 Å². The number of nitrogens with zero attached hydrogens (tertiary/aromatic N) is 2. The molecule has 22 heavy (non-hydrogen) atoms. The Morgan fingerprint density at radius 1 is 1.18 bits per heavy atom. The van der Waals surface area contributed by atoms with E-state index in [9.17, 15) is 4.79 Å². The van der Waals surface area contributed by atoms with E-state index >= 15 is 0 Å². The number of hydrogen-bond donors (Lipinski definition) is 1. The SMILES string of the molecule is CNC1CCCN(C2CCN(c3ccc(Cl)cc3)C2=O)C1.Cl. The third-order valence-corrected chi connectivity index (χ3v) is 4.87. The van der Waals surface area contributed by atoms with E-state index in [2.05, 4.69) is 10.2 Å². The topological polar surface area (TPSA) is 35.6 Å². The lowest BCUT2D eigenvalue weighted by Crippen LogP contribution is -2.51. The van der Waals surface area contributed by atoms with Gasteiger partial charge in [0.05, 0.1) is 6.04 Å². The minimum absolute atomic E-state index is 0. The predicted octanol–water partition coefficient (Wildman–Crippen LogP) is 2.55. The van der Waals surface area contributed by atoms with Crippen molar-refractivity contribution < 1.29 is 4.79 Å². The number of halogens is 2. The normalized spacial score (nSPS) is 26.1. The molecule has 1 aromatic rings. The maximum absolute atomic E-state index is 12.7. The monoisotopic (exact) mass is 343 g/mol. The number of amides is 1. The summed E-state index contributed by atoms with van der Waals surface area (Å²) >= 11 is 5.92.